The number of nitrogens with two attached hydrogens (primary N) is 1. The topological polar surface area (TPSA) is 50.9 Å². The molecular formula is C12H12FN3. The third-order valence-electron chi connectivity index (χ3n) is 2.25. The Hall–Kier alpha value is -1.94. The average molecular weight is 217 g/mol. The number of hydrogen-bond donors (Lipinski definition) is 2. The van der Waals surface area contributed by atoms with Crippen molar-refractivity contribution in [3.8, 4) is 0 Å². The molecule has 0 aliphatic rings. The van der Waals surface area contributed by atoms with E-state index < -0.39 is 0 Å². The van der Waals surface area contributed by atoms with E-state index in [-0.39, 0.29) is 5.82 Å². The zero-order valence-corrected chi connectivity index (χ0v) is 8.65. The van der Waals surface area contributed by atoms with Crippen molar-refractivity contribution in [1.82, 2.24) is 4.98 Å². The van der Waals surface area contributed by atoms with Gasteiger partial charge in [0.1, 0.15) is 11.6 Å². The molecule has 82 valence electrons. The SMILES string of the molecule is NNc1cccc(Cc2ccc(F)cc2)n1. The molecule has 0 saturated carbocycles. The van der Waals surface area contributed by atoms with E-state index in [2.05, 4.69) is 10.4 Å². The van der Waals surface area contributed by atoms with Crippen LogP contribution < -0.4 is 11.3 Å². The first-order valence-electron chi connectivity index (χ1n) is 4.95. The van der Waals surface area contributed by atoms with Crippen LogP contribution in [0.25, 0.3) is 0 Å². The summed E-state index contributed by atoms with van der Waals surface area (Å²) in [6.07, 6.45) is 0.662. The quantitative estimate of drug-likeness (QED) is 0.611. The number of aromatic nitrogens is 1. The lowest BCUT2D eigenvalue weighted by Crippen LogP contribution is -2.09. The van der Waals surface area contributed by atoms with Crippen LogP contribution in [-0.2, 0) is 6.42 Å². The molecule has 0 aliphatic heterocycles. The maximum atomic E-state index is 12.7. The van der Waals surface area contributed by atoms with Crippen molar-refractivity contribution in [1.29, 1.82) is 0 Å². The zero-order valence-electron chi connectivity index (χ0n) is 8.65. The van der Waals surface area contributed by atoms with Gasteiger partial charge in [-0.05, 0) is 29.8 Å². The van der Waals surface area contributed by atoms with Crippen molar-refractivity contribution in [3.63, 3.8) is 0 Å². The molecule has 1 aromatic carbocycles. The van der Waals surface area contributed by atoms with Gasteiger partial charge in [-0.1, -0.05) is 18.2 Å². The Balaban J connectivity index is 2.16. The number of pyridine rings is 1. The van der Waals surface area contributed by atoms with Crippen molar-refractivity contribution < 1.29 is 4.39 Å². The van der Waals surface area contributed by atoms with E-state index in [9.17, 15) is 4.39 Å². The third-order valence-corrected chi connectivity index (χ3v) is 2.25. The second kappa shape index (κ2) is 4.72. The predicted molar refractivity (Wildman–Crippen MR) is 61.3 cm³/mol. The van der Waals surface area contributed by atoms with E-state index in [1.807, 2.05) is 12.1 Å². The zero-order chi connectivity index (χ0) is 11.4. The van der Waals surface area contributed by atoms with Crippen LogP contribution in [0.4, 0.5) is 10.2 Å². The van der Waals surface area contributed by atoms with E-state index >= 15 is 0 Å². The summed E-state index contributed by atoms with van der Waals surface area (Å²) in [4.78, 5) is 4.28. The molecule has 0 atom stereocenters. The van der Waals surface area contributed by atoms with Crippen LogP contribution in [0.15, 0.2) is 42.5 Å². The summed E-state index contributed by atoms with van der Waals surface area (Å²) in [6, 6.07) is 12.0. The number of nitrogens with one attached hydrogen (secondary N) is 1. The molecule has 0 radical (unpaired) electrons. The lowest BCUT2D eigenvalue weighted by atomic mass is 10.1. The molecule has 0 fully saturated rings. The number of nitrogens with zero attached hydrogens (tertiary/aromatic N) is 1. The second-order valence-corrected chi connectivity index (χ2v) is 3.46. The Morgan fingerprint density at radius 1 is 1.12 bits per heavy atom. The highest BCUT2D eigenvalue weighted by Gasteiger charge is 1.99. The number of hydrazine groups is 1. The molecule has 16 heavy (non-hydrogen) atoms. The van der Waals surface area contributed by atoms with E-state index in [0.29, 0.717) is 12.2 Å². The molecule has 3 N–H and O–H groups in total. The molecule has 3 nitrogen and oxygen atoms in total. The molecule has 0 aliphatic carbocycles. The Kier molecular flexibility index (Phi) is 3.12. The smallest absolute Gasteiger partial charge is 0.140 e. The first kappa shape index (κ1) is 10.6. The van der Waals surface area contributed by atoms with Crippen LogP contribution in [0, 0.1) is 5.82 Å². The number of benzene rings is 1. The van der Waals surface area contributed by atoms with Crippen LogP contribution >= 0.6 is 0 Å². The van der Waals surface area contributed by atoms with Gasteiger partial charge in [0.05, 0.1) is 0 Å². The Labute approximate surface area is 93.1 Å². The highest BCUT2D eigenvalue weighted by atomic mass is 19.1. The highest BCUT2D eigenvalue weighted by molar-refractivity contribution is 5.35. The summed E-state index contributed by atoms with van der Waals surface area (Å²) in [5.74, 6) is 5.67. The van der Waals surface area contributed by atoms with Gasteiger partial charge in [-0.2, -0.15) is 0 Å². The summed E-state index contributed by atoms with van der Waals surface area (Å²) in [6.45, 7) is 0. The van der Waals surface area contributed by atoms with Crippen molar-refractivity contribution in [2.75, 3.05) is 5.43 Å². The molecule has 0 saturated heterocycles. The van der Waals surface area contributed by atoms with Gasteiger partial charge in [0.2, 0.25) is 0 Å². The summed E-state index contributed by atoms with van der Waals surface area (Å²) in [5, 5.41) is 0. The van der Waals surface area contributed by atoms with Gasteiger partial charge in [-0.15, -0.1) is 0 Å². The number of anilines is 1. The highest BCUT2D eigenvalue weighted by Crippen LogP contribution is 2.10. The first-order chi connectivity index (χ1) is 7.78. The monoisotopic (exact) mass is 217 g/mol. The van der Waals surface area contributed by atoms with Crippen molar-refractivity contribution >= 4 is 5.82 Å². The maximum Gasteiger partial charge on any atom is 0.140 e. The molecule has 1 heterocycles. The van der Waals surface area contributed by atoms with Gasteiger partial charge in [-0.3, -0.25) is 0 Å². The molecule has 0 unspecified atom stereocenters. The van der Waals surface area contributed by atoms with Gasteiger partial charge in [0.25, 0.3) is 0 Å². The Bertz CT molecular complexity index is 468. The molecule has 2 aromatic rings. The second-order valence-electron chi connectivity index (χ2n) is 3.46. The molecule has 0 bridgehead atoms. The van der Waals surface area contributed by atoms with Gasteiger partial charge in [-0.25, -0.2) is 15.2 Å². The molecule has 0 spiro atoms. The fourth-order valence-electron chi connectivity index (χ4n) is 1.47. The average Bonchev–Trinajstić information content (AvgIpc) is 2.32. The van der Waals surface area contributed by atoms with Gasteiger partial charge in [0, 0.05) is 12.1 Å². The van der Waals surface area contributed by atoms with Crippen LogP contribution in [0.1, 0.15) is 11.3 Å². The van der Waals surface area contributed by atoms with Crippen molar-refractivity contribution in [2.45, 2.75) is 6.42 Å². The fourth-order valence-corrected chi connectivity index (χ4v) is 1.47. The number of rotatable bonds is 3. The van der Waals surface area contributed by atoms with Gasteiger partial charge < -0.3 is 5.43 Å². The summed E-state index contributed by atoms with van der Waals surface area (Å²) >= 11 is 0. The van der Waals surface area contributed by atoms with E-state index in [4.69, 9.17) is 5.84 Å². The molecular weight excluding hydrogens is 205 g/mol. The molecule has 4 heteroatoms. The lowest BCUT2D eigenvalue weighted by Gasteiger charge is -2.03. The first-order valence-corrected chi connectivity index (χ1v) is 4.95. The minimum absolute atomic E-state index is 0.228. The van der Waals surface area contributed by atoms with E-state index in [1.54, 1.807) is 18.2 Å². The summed E-state index contributed by atoms with van der Waals surface area (Å²) in [7, 11) is 0. The van der Waals surface area contributed by atoms with Gasteiger partial charge in [0.15, 0.2) is 0 Å². The maximum absolute atomic E-state index is 12.7. The summed E-state index contributed by atoms with van der Waals surface area (Å²) in [5.41, 5.74) is 4.40. The van der Waals surface area contributed by atoms with Crippen LogP contribution in [0.3, 0.4) is 0 Å². The number of nitrogen functional groups attached to an aromatic ring is 1. The van der Waals surface area contributed by atoms with Crippen LogP contribution in [0.5, 0.6) is 0 Å². The fraction of sp³-hybridized carbons (Fsp3) is 0.0833. The van der Waals surface area contributed by atoms with Crippen LogP contribution in [0.2, 0.25) is 0 Å². The van der Waals surface area contributed by atoms with Crippen LogP contribution in [-0.4, -0.2) is 4.98 Å². The number of hydrogen-bond acceptors (Lipinski definition) is 3. The summed E-state index contributed by atoms with van der Waals surface area (Å²) < 4.78 is 12.7. The van der Waals surface area contributed by atoms with Crippen molar-refractivity contribution in [3.05, 3.63) is 59.5 Å². The van der Waals surface area contributed by atoms with Gasteiger partial charge >= 0.3 is 0 Å². The Morgan fingerprint density at radius 3 is 2.56 bits per heavy atom. The minimum Gasteiger partial charge on any atom is -0.308 e. The predicted octanol–water partition coefficient (Wildman–Crippen LogP) is 2.10. The largest absolute Gasteiger partial charge is 0.308 e. The van der Waals surface area contributed by atoms with E-state index in [0.717, 1.165) is 11.3 Å². The molecule has 1 aromatic heterocycles. The molecule has 2 rings (SSSR count). The molecule has 0 amide bonds. The Morgan fingerprint density at radius 2 is 1.88 bits per heavy atom. The standard InChI is InChI=1S/C12H12FN3/c13-10-6-4-9(5-7-10)8-11-2-1-3-12(15-11)16-14/h1-7H,8,14H2,(H,15,16). The minimum atomic E-state index is -0.228. The van der Waals surface area contributed by atoms with E-state index in [1.165, 1.54) is 12.1 Å². The number of halogens is 1. The third kappa shape index (κ3) is 2.55. The lowest BCUT2D eigenvalue weighted by molar-refractivity contribution is 0.627. The normalized spacial score (nSPS) is 10.1. The van der Waals surface area contributed by atoms with Crippen molar-refractivity contribution in [2.24, 2.45) is 5.84 Å².